The van der Waals surface area contributed by atoms with E-state index in [9.17, 15) is 19.7 Å². The van der Waals surface area contributed by atoms with Gasteiger partial charge in [0.05, 0.1) is 17.1 Å². The molecule has 3 rings (SSSR count). The van der Waals surface area contributed by atoms with Crippen LogP contribution in [0.25, 0.3) is 0 Å². The van der Waals surface area contributed by atoms with Crippen molar-refractivity contribution in [2.75, 3.05) is 25.6 Å². The average molecular weight is 464 g/mol. The van der Waals surface area contributed by atoms with Gasteiger partial charge in [0.1, 0.15) is 0 Å². The van der Waals surface area contributed by atoms with Gasteiger partial charge in [0.2, 0.25) is 0 Å². The first-order chi connectivity index (χ1) is 16.1. The summed E-state index contributed by atoms with van der Waals surface area (Å²) in [4.78, 5) is 41.5. The SMILES string of the molecule is CCOC(=O)c1c(C)[nH]c(C(CC(=O)c2ccc([N+](=O)[O-])cc2)c2ccc(N(C)C)cc2)c1C. The lowest BCUT2D eigenvalue weighted by molar-refractivity contribution is -0.384. The van der Waals surface area contributed by atoms with Crippen LogP contribution in [0.3, 0.4) is 0 Å². The summed E-state index contributed by atoms with van der Waals surface area (Å²) in [6.07, 6.45) is 0.127. The minimum Gasteiger partial charge on any atom is -0.462 e. The molecule has 0 spiro atoms. The zero-order chi connectivity index (χ0) is 25.0. The molecule has 0 radical (unpaired) electrons. The molecular weight excluding hydrogens is 434 g/mol. The summed E-state index contributed by atoms with van der Waals surface area (Å²) in [7, 11) is 3.91. The third-order valence-corrected chi connectivity index (χ3v) is 5.91. The van der Waals surface area contributed by atoms with Crippen molar-refractivity contribution in [1.29, 1.82) is 0 Å². The highest BCUT2D eigenvalue weighted by Gasteiger charge is 2.27. The lowest BCUT2D eigenvalue weighted by Crippen LogP contribution is -2.12. The van der Waals surface area contributed by atoms with Crippen molar-refractivity contribution in [2.45, 2.75) is 33.1 Å². The lowest BCUT2D eigenvalue weighted by atomic mass is 9.87. The number of nitrogens with one attached hydrogen (secondary N) is 1. The molecule has 3 aromatic rings. The molecule has 0 amide bonds. The standard InChI is InChI=1S/C26H29N3O5/c1-6-34-26(31)24-16(2)25(27-17(24)3)22(18-7-11-20(12-8-18)28(4)5)15-23(30)19-9-13-21(14-10-19)29(32)33/h7-14,22,27H,6,15H2,1-5H3. The molecule has 0 aliphatic heterocycles. The van der Waals surface area contributed by atoms with E-state index in [1.54, 1.807) is 6.92 Å². The summed E-state index contributed by atoms with van der Waals surface area (Å²) >= 11 is 0. The number of carbonyl (C=O) groups is 2. The van der Waals surface area contributed by atoms with E-state index in [4.69, 9.17) is 4.74 Å². The number of Topliss-reactive ketones (excluding diaryl/α,β-unsaturated/α-hetero) is 1. The van der Waals surface area contributed by atoms with E-state index in [1.165, 1.54) is 24.3 Å². The van der Waals surface area contributed by atoms with E-state index >= 15 is 0 Å². The third-order valence-electron chi connectivity index (χ3n) is 5.91. The maximum atomic E-state index is 13.2. The predicted molar refractivity (Wildman–Crippen MR) is 131 cm³/mol. The zero-order valence-corrected chi connectivity index (χ0v) is 20.0. The number of aromatic nitrogens is 1. The van der Waals surface area contributed by atoms with Gasteiger partial charge < -0.3 is 14.6 Å². The first-order valence-electron chi connectivity index (χ1n) is 11.0. The topological polar surface area (TPSA) is 106 Å². The Morgan fingerprint density at radius 3 is 2.21 bits per heavy atom. The van der Waals surface area contributed by atoms with Gasteiger partial charge in [0.25, 0.3) is 5.69 Å². The Labute approximate surface area is 198 Å². The number of hydrogen-bond donors (Lipinski definition) is 1. The van der Waals surface area contributed by atoms with Crippen LogP contribution in [0.2, 0.25) is 0 Å². The molecule has 1 N–H and O–H groups in total. The summed E-state index contributed by atoms with van der Waals surface area (Å²) < 4.78 is 5.22. The molecule has 2 aromatic carbocycles. The van der Waals surface area contributed by atoms with Crippen LogP contribution in [-0.4, -0.2) is 42.4 Å². The minimum atomic E-state index is -0.495. The van der Waals surface area contributed by atoms with Crippen molar-refractivity contribution in [1.82, 2.24) is 4.98 Å². The number of carbonyl (C=O) groups excluding carboxylic acids is 2. The fraction of sp³-hybridized carbons (Fsp3) is 0.308. The second-order valence-corrected chi connectivity index (χ2v) is 8.35. The van der Waals surface area contributed by atoms with E-state index in [1.807, 2.05) is 57.1 Å². The van der Waals surface area contributed by atoms with Crippen molar-refractivity contribution >= 4 is 23.1 Å². The number of nitrogens with zero attached hydrogens (tertiary/aromatic N) is 2. The molecule has 1 atom stereocenters. The number of ether oxygens (including phenoxy) is 1. The number of benzene rings is 2. The van der Waals surface area contributed by atoms with Crippen molar-refractivity contribution in [3.63, 3.8) is 0 Å². The number of nitro groups is 1. The maximum absolute atomic E-state index is 13.2. The Kier molecular flexibility index (Phi) is 7.50. The van der Waals surface area contributed by atoms with Crippen LogP contribution in [0.1, 0.15) is 62.5 Å². The predicted octanol–water partition coefficient (Wildman–Crippen LogP) is 5.19. The van der Waals surface area contributed by atoms with Crippen molar-refractivity contribution in [3.05, 3.63) is 92.3 Å². The van der Waals surface area contributed by atoms with E-state index in [-0.39, 0.29) is 30.4 Å². The quantitative estimate of drug-likeness (QED) is 0.203. The van der Waals surface area contributed by atoms with Gasteiger partial charge in [-0.1, -0.05) is 12.1 Å². The Hall–Kier alpha value is -3.94. The largest absolute Gasteiger partial charge is 0.462 e. The maximum Gasteiger partial charge on any atom is 0.340 e. The van der Waals surface area contributed by atoms with Gasteiger partial charge in [-0.25, -0.2) is 4.79 Å². The fourth-order valence-corrected chi connectivity index (χ4v) is 4.10. The highest BCUT2D eigenvalue weighted by atomic mass is 16.6. The lowest BCUT2D eigenvalue weighted by Gasteiger charge is -2.19. The summed E-state index contributed by atoms with van der Waals surface area (Å²) in [5.74, 6) is -0.898. The van der Waals surface area contributed by atoms with E-state index in [0.29, 0.717) is 16.8 Å². The number of esters is 1. The second kappa shape index (κ2) is 10.3. The Morgan fingerprint density at radius 2 is 1.68 bits per heavy atom. The van der Waals surface area contributed by atoms with Gasteiger partial charge in [-0.3, -0.25) is 14.9 Å². The van der Waals surface area contributed by atoms with Gasteiger partial charge in [0, 0.05) is 61.2 Å². The third kappa shape index (κ3) is 5.17. The van der Waals surface area contributed by atoms with E-state index in [0.717, 1.165) is 22.5 Å². The molecule has 8 nitrogen and oxygen atoms in total. The van der Waals surface area contributed by atoms with Crippen molar-refractivity contribution < 1.29 is 19.2 Å². The molecule has 0 aliphatic carbocycles. The first-order valence-corrected chi connectivity index (χ1v) is 11.0. The van der Waals surface area contributed by atoms with Crippen LogP contribution in [0, 0.1) is 24.0 Å². The van der Waals surface area contributed by atoms with Crippen LogP contribution >= 0.6 is 0 Å². The molecular formula is C26H29N3O5. The number of rotatable bonds is 9. The van der Waals surface area contributed by atoms with Crippen LogP contribution in [-0.2, 0) is 4.74 Å². The molecule has 0 saturated carbocycles. The van der Waals surface area contributed by atoms with Gasteiger partial charge in [-0.15, -0.1) is 0 Å². The highest BCUT2D eigenvalue weighted by Crippen LogP contribution is 2.34. The smallest absolute Gasteiger partial charge is 0.340 e. The molecule has 0 fully saturated rings. The molecule has 1 unspecified atom stereocenters. The Balaban J connectivity index is 2.03. The molecule has 178 valence electrons. The van der Waals surface area contributed by atoms with Gasteiger partial charge >= 0.3 is 5.97 Å². The van der Waals surface area contributed by atoms with E-state index in [2.05, 4.69) is 4.98 Å². The van der Waals surface area contributed by atoms with E-state index < -0.39 is 10.9 Å². The van der Waals surface area contributed by atoms with Crippen LogP contribution in [0.4, 0.5) is 11.4 Å². The minimum absolute atomic E-state index is 0.0673. The molecule has 0 aliphatic rings. The first kappa shape index (κ1) is 24.7. The average Bonchev–Trinajstić information content (AvgIpc) is 3.11. The summed E-state index contributed by atoms with van der Waals surface area (Å²) in [6.45, 7) is 5.69. The van der Waals surface area contributed by atoms with Gasteiger partial charge in [-0.05, 0) is 56.2 Å². The summed E-state index contributed by atoms with van der Waals surface area (Å²) in [6, 6.07) is 13.5. The number of non-ortho nitro benzene ring substituents is 1. The monoisotopic (exact) mass is 463 g/mol. The number of H-pyrrole nitrogens is 1. The molecule has 0 bridgehead atoms. The zero-order valence-electron chi connectivity index (χ0n) is 20.0. The molecule has 1 aromatic heterocycles. The number of ketones is 1. The van der Waals surface area contributed by atoms with Gasteiger partial charge in [0.15, 0.2) is 5.78 Å². The highest BCUT2D eigenvalue weighted by molar-refractivity contribution is 5.97. The normalized spacial score (nSPS) is 11.7. The fourth-order valence-electron chi connectivity index (χ4n) is 4.10. The number of aryl methyl sites for hydroxylation is 1. The number of anilines is 1. The van der Waals surface area contributed by atoms with Crippen molar-refractivity contribution in [2.24, 2.45) is 0 Å². The Bertz CT molecular complexity index is 1190. The molecule has 1 heterocycles. The number of nitro benzene ring substituents is 1. The molecule has 8 heteroatoms. The van der Waals surface area contributed by atoms with Gasteiger partial charge in [-0.2, -0.15) is 0 Å². The Morgan fingerprint density at radius 1 is 1.06 bits per heavy atom. The number of hydrogen-bond acceptors (Lipinski definition) is 6. The molecule has 0 saturated heterocycles. The second-order valence-electron chi connectivity index (χ2n) is 8.35. The van der Waals surface area contributed by atoms with Crippen LogP contribution in [0.5, 0.6) is 0 Å². The molecule has 34 heavy (non-hydrogen) atoms. The summed E-state index contributed by atoms with van der Waals surface area (Å²) in [5, 5.41) is 11.0. The van der Waals surface area contributed by atoms with Crippen molar-refractivity contribution in [3.8, 4) is 0 Å². The summed E-state index contributed by atoms with van der Waals surface area (Å²) in [5.41, 5.74) is 4.95. The van der Waals surface area contributed by atoms with Crippen LogP contribution < -0.4 is 4.90 Å². The van der Waals surface area contributed by atoms with Crippen LogP contribution in [0.15, 0.2) is 48.5 Å². The number of aromatic amines is 1.